The Hall–Kier alpha value is -3.33. The number of hydrogen-bond acceptors (Lipinski definition) is 8. The molecule has 9 nitrogen and oxygen atoms in total. The highest BCUT2D eigenvalue weighted by molar-refractivity contribution is 6.30. The van der Waals surface area contributed by atoms with Crippen LogP contribution in [0.2, 0.25) is 5.02 Å². The molecule has 1 saturated carbocycles. The van der Waals surface area contributed by atoms with E-state index in [1.165, 1.54) is 10.9 Å². The minimum Gasteiger partial charge on any atom is -0.356 e. The second-order valence-corrected chi connectivity index (χ2v) is 8.58. The van der Waals surface area contributed by atoms with E-state index in [0.29, 0.717) is 39.6 Å². The van der Waals surface area contributed by atoms with Gasteiger partial charge >= 0.3 is 0 Å². The molecular weight excluding hydrogens is 418 g/mol. The van der Waals surface area contributed by atoms with Crippen LogP contribution in [-0.4, -0.2) is 42.7 Å². The zero-order valence-corrected chi connectivity index (χ0v) is 17.4. The van der Waals surface area contributed by atoms with Crippen molar-refractivity contribution in [3.63, 3.8) is 0 Å². The van der Waals surface area contributed by atoms with Crippen molar-refractivity contribution in [1.29, 1.82) is 0 Å². The zero-order valence-electron chi connectivity index (χ0n) is 16.6. The molecule has 0 spiro atoms. The monoisotopic (exact) mass is 435 g/mol. The summed E-state index contributed by atoms with van der Waals surface area (Å²) < 4.78 is 6.93. The van der Waals surface area contributed by atoms with E-state index in [0.717, 1.165) is 24.5 Å². The molecule has 5 heterocycles. The van der Waals surface area contributed by atoms with Gasteiger partial charge in [0.15, 0.2) is 11.5 Å². The Balaban J connectivity index is 1.18. The van der Waals surface area contributed by atoms with Gasteiger partial charge in [-0.3, -0.25) is 9.36 Å². The number of pyridine rings is 2. The van der Waals surface area contributed by atoms with Gasteiger partial charge in [-0.25, -0.2) is 15.0 Å². The van der Waals surface area contributed by atoms with E-state index in [2.05, 4.69) is 30.0 Å². The summed E-state index contributed by atoms with van der Waals surface area (Å²) >= 11 is 6.09. The summed E-state index contributed by atoms with van der Waals surface area (Å²) in [6.07, 6.45) is 4.85. The summed E-state index contributed by atoms with van der Waals surface area (Å²) in [6.45, 7) is 3.85. The third kappa shape index (κ3) is 3.07. The van der Waals surface area contributed by atoms with Crippen molar-refractivity contribution in [2.45, 2.75) is 19.4 Å². The van der Waals surface area contributed by atoms with E-state index in [1.54, 1.807) is 24.5 Å². The summed E-state index contributed by atoms with van der Waals surface area (Å²) in [6, 6.07) is 5.47. The van der Waals surface area contributed by atoms with Crippen LogP contribution in [0, 0.1) is 18.8 Å². The molecule has 0 aromatic carbocycles. The number of anilines is 1. The SMILES string of the molecule is Cc1ccnc2ncn(Cc3nc([C@H]4[C@@H]5CN(c6cc(Cl)ccn6)C[C@@H]54)no3)c(=O)c12. The van der Waals surface area contributed by atoms with Gasteiger partial charge in [-0.15, -0.1) is 0 Å². The molecular formula is C21H18ClN7O2. The number of halogens is 1. The average Bonchev–Trinajstić information content (AvgIpc) is 3.09. The van der Waals surface area contributed by atoms with E-state index >= 15 is 0 Å². The normalized spacial score (nSPS) is 22.1. The quantitative estimate of drug-likeness (QED) is 0.481. The number of aryl methyl sites for hydroxylation is 1. The Labute approximate surface area is 181 Å². The number of piperidine rings is 1. The van der Waals surface area contributed by atoms with Crippen LogP contribution in [0.25, 0.3) is 11.0 Å². The van der Waals surface area contributed by atoms with Crippen LogP contribution in [0.4, 0.5) is 5.82 Å². The van der Waals surface area contributed by atoms with Crippen molar-refractivity contribution >= 4 is 28.5 Å². The summed E-state index contributed by atoms with van der Waals surface area (Å²) in [7, 11) is 0. The largest absolute Gasteiger partial charge is 0.356 e. The van der Waals surface area contributed by atoms with Gasteiger partial charge in [-0.05, 0) is 42.5 Å². The Morgan fingerprint density at radius 2 is 1.97 bits per heavy atom. The first kappa shape index (κ1) is 18.4. The molecule has 4 aromatic rings. The lowest BCUT2D eigenvalue weighted by molar-refractivity contribution is 0.363. The number of hydrogen-bond donors (Lipinski definition) is 0. The molecule has 0 amide bonds. The van der Waals surface area contributed by atoms with Gasteiger partial charge in [0.2, 0.25) is 5.89 Å². The Morgan fingerprint density at radius 3 is 2.77 bits per heavy atom. The lowest BCUT2D eigenvalue weighted by Crippen LogP contribution is -2.24. The number of rotatable bonds is 4. The maximum atomic E-state index is 12.8. The predicted molar refractivity (Wildman–Crippen MR) is 113 cm³/mol. The van der Waals surface area contributed by atoms with Crippen LogP contribution in [0.15, 0.2) is 46.2 Å². The van der Waals surface area contributed by atoms with Gasteiger partial charge in [0.25, 0.3) is 5.56 Å². The fourth-order valence-electron chi connectivity index (χ4n) is 4.62. The van der Waals surface area contributed by atoms with Crippen LogP contribution >= 0.6 is 11.6 Å². The molecule has 2 aliphatic rings. The number of fused-ring (bicyclic) bond motifs is 2. The minimum atomic E-state index is -0.164. The van der Waals surface area contributed by atoms with Crippen LogP contribution in [-0.2, 0) is 6.54 Å². The molecule has 0 N–H and O–H groups in total. The molecule has 6 rings (SSSR count). The van der Waals surface area contributed by atoms with Gasteiger partial charge in [0, 0.05) is 36.4 Å². The number of aromatic nitrogens is 6. The van der Waals surface area contributed by atoms with Gasteiger partial charge in [0.05, 0.1) is 5.39 Å². The fourth-order valence-corrected chi connectivity index (χ4v) is 4.77. The highest BCUT2D eigenvalue weighted by Gasteiger charge is 2.58. The second-order valence-electron chi connectivity index (χ2n) is 8.14. The van der Waals surface area contributed by atoms with Crippen LogP contribution in [0.3, 0.4) is 0 Å². The van der Waals surface area contributed by atoms with Gasteiger partial charge < -0.3 is 9.42 Å². The van der Waals surface area contributed by atoms with Crippen LogP contribution < -0.4 is 10.5 Å². The minimum absolute atomic E-state index is 0.164. The summed E-state index contributed by atoms with van der Waals surface area (Å²) in [5.41, 5.74) is 1.12. The smallest absolute Gasteiger partial charge is 0.263 e. The average molecular weight is 436 g/mol. The highest BCUT2D eigenvalue weighted by atomic mass is 35.5. The number of nitrogens with zero attached hydrogens (tertiary/aromatic N) is 7. The Kier molecular flexibility index (Phi) is 4.07. The highest BCUT2D eigenvalue weighted by Crippen LogP contribution is 2.57. The van der Waals surface area contributed by atoms with E-state index in [-0.39, 0.29) is 18.0 Å². The van der Waals surface area contributed by atoms with E-state index in [9.17, 15) is 4.79 Å². The molecule has 31 heavy (non-hydrogen) atoms. The van der Waals surface area contributed by atoms with Crippen molar-refractivity contribution in [3.05, 3.63) is 69.6 Å². The molecule has 0 radical (unpaired) electrons. The topological polar surface area (TPSA) is 103 Å². The van der Waals surface area contributed by atoms with E-state index in [4.69, 9.17) is 16.1 Å². The molecule has 4 aromatic heterocycles. The fraction of sp³-hybridized carbons (Fsp3) is 0.333. The maximum absolute atomic E-state index is 12.8. The van der Waals surface area contributed by atoms with Crippen molar-refractivity contribution < 1.29 is 4.52 Å². The Morgan fingerprint density at radius 1 is 1.16 bits per heavy atom. The first-order valence-electron chi connectivity index (χ1n) is 10.1. The summed E-state index contributed by atoms with van der Waals surface area (Å²) in [5.74, 6) is 3.25. The first-order valence-corrected chi connectivity index (χ1v) is 10.5. The molecule has 0 bridgehead atoms. The van der Waals surface area contributed by atoms with E-state index < -0.39 is 0 Å². The third-order valence-electron chi connectivity index (χ3n) is 6.25. The Bertz CT molecular complexity index is 1360. The van der Waals surface area contributed by atoms with Crippen molar-refractivity contribution in [3.8, 4) is 0 Å². The molecule has 1 aliphatic carbocycles. The van der Waals surface area contributed by atoms with Gasteiger partial charge in [-0.1, -0.05) is 16.8 Å². The zero-order chi connectivity index (χ0) is 21.1. The molecule has 1 aliphatic heterocycles. The summed E-state index contributed by atoms with van der Waals surface area (Å²) in [5, 5.41) is 5.39. The second kappa shape index (κ2) is 6.84. The predicted octanol–water partition coefficient (Wildman–Crippen LogP) is 2.43. The molecule has 2 fully saturated rings. The van der Waals surface area contributed by atoms with Crippen molar-refractivity contribution in [2.75, 3.05) is 18.0 Å². The molecule has 1 saturated heterocycles. The lowest BCUT2D eigenvalue weighted by Gasteiger charge is -2.20. The maximum Gasteiger partial charge on any atom is 0.263 e. The standard InChI is InChI=1S/C21H18ClN7O2/c1-11-2-4-24-19-17(11)21(30)29(10-25-19)9-16-26-20(27-31-16)18-13-7-28(8-14(13)18)15-6-12(22)3-5-23-15/h2-6,10,13-14,18H,7-9H2,1H3/t13-,14+,18+. The van der Waals surface area contributed by atoms with E-state index in [1.807, 2.05) is 13.0 Å². The first-order chi connectivity index (χ1) is 15.1. The van der Waals surface area contributed by atoms with Crippen LogP contribution in [0.5, 0.6) is 0 Å². The lowest BCUT2D eigenvalue weighted by atomic mass is 10.2. The van der Waals surface area contributed by atoms with Gasteiger partial charge in [0.1, 0.15) is 18.7 Å². The van der Waals surface area contributed by atoms with Gasteiger partial charge in [-0.2, -0.15) is 4.98 Å². The molecule has 3 atom stereocenters. The molecule has 10 heteroatoms. The van der Waals surface area contributed by atoms with Crippen molar-refractivity contribution in [2.24, 2.45) is 11.8 Å². The van der Waals surface area contributed by atoms with Crippen LogP contribution in [0.1, 0.15) is 23.2 Å². The molecule has 0 unspecified atom stereocenters. The summed E-state index contributed by atoms with van der Waals surface area (Å²) in [4.78, 5) is 32.5. The molecule has 156 valence electrons. The third-order valence-corrected chi connectivity index (χ3v) is 6.48. The van der Waals surface area contributed by atoms with Crippen molar-refractivity contribution in [1.82, 2.24) is 29.7 Å².